The minimum absolute atomic E-state index is 0.0207. The Morgan fingerprint density at radius 2 is 2.05 bits per heavy atom. The van der Waals surface area contributed by atoms with Gasteiger partial charge in [-0.2, -0.15) is 5.10 Å². The molecule has 8 heteroatoms. The number of phenols is 1. The predicted octanol–water partition coefficient (Wildman–Crippen LogP) is 3.36. The molecule has 0 aliphatic heterocycles. The number of hydrogen-bond donors (Lipinski definition) is 2. The van der Waals surface area contributed by atoms with Gasteiger partial charge in [-0.1, -0.05) is 0 Å². The van der Waals surface area contributed by atoms with Crippen LogP contribution in [0.2, 0.25) is 0 Å². The van der Waals surface area contributed by atoms with Crippen molar-refractivity contribution in [3.8, 4) is 11.5 Å². The molecule has 0 spiro atoms. The average Bonchev–Trinajstić information content (AvgIpc) is 2.51. The molecule has 0 amide bonds. The number of nitrogens with zero attached hydrogens (tertiary/aromatic N) is 2. The molecule has 0 saturated carbocycles. The maximum atomic E-state index is 10.6. The summed E-state index contributed by atoms with van der Waals surface area (Å²) in [6.07, 6.45) is 1.56. The van der Waals surface area contributed by atoms with Gasteiger partial charge in [-0.25, -0.2) is 0 Å². The SMILES string of the molecule is COc1cc(/C=N/Nc2ccc([N+](=O)[O-])cc2)cc(I)c1O. The fraction of sp³-hybridized carbons (Fsp3) is 0.0714. The summed E-state index contributed by atoms with van der Waals surface area (Å²) in [6, 6.07) is 9.32. The maximum absolute atomic E-state index is 10.6. The number of non-ortho nitro benzene ring substituents is 1. The lowest BCUT2D eigenvalue weighted by molar-refractivity contribution is -0.384. The number of rotatable bonds is 5. The summed E-state index contributed by atoms with van der Waals surface area (Å²) < 4.78 is 5.71. The number of halogens is 1. The number of nitro benzene ring substituents is 1. The van der Waals surface area contributed by atoms with Crippen LogP contribution in [0.1, 0.15) is 5.56 Å². The van der Waals surface area contributed by atoms with Crippen LogP contribution in [0.25, 0.3) is 0 Å². The summed E-state index contributed by atoms with van der Waals surface area (Å²) in [4.78, 5) is 10.1. The van der Waals surface area contributed by atoms with Crippen molar-refractivity contribution in [3.63, 3.8) is 0 Å². The van der Waals surface area contributed by atoms with E-state index in [9.17, 15) is 15.2 Å². The Morgan fingerprint density at radius 3 is 2.64 bits per heavy atom. The molecule has 2 N–H and O–H groups in total. The third-order valence-corrected chi connectivity index (χ3v) is 3.58. The van der Waals surface area contributed by atoms with Gasteiger partial charge in [0.1, 0.15) is 0 Å². The zero-order valence-electron chi connectivity index (χ0n) is 11.5. The molecule has 0 aliphatic rings. The van der Waals surface area contributed by atoms with Gasteiger partial charge in [0, 0.05) is 12.1 Å². The van der Waals surface area contributed by atoms with Crippen LogP contribution in [0.15, 0.2) is 41.5 Å². The summed E-state index contributed by atoms with van der Waals surface area (Å²) in [7, 11) is 1.47. The standard InChI is InChI=1S/C14H12IN3O4/c1-22-13-7-9(6-12(15)14(13)19)8-16-17-10-2-4-11(5-3-10)18(20)21/h2-8,17,19H,1H3/b16-8+. The van der Waals surface area contributed by atoms with Gasteiger partial charge in [0.25, 0.3) is 5.69 Å². The highest BCUT2D eigenvalue weighted by molar-refractivity contribution is 14.1. The lowest BCUT2D eigenvalue weighted by Crippen LogP contribution is -1.94. The van der Waals surface area contributed by atoms with Crippen LogP contribution >= 0.6 is 22.6 Å². The number of methoxy groups -OCH3 is 1. The zero-order valence-corrected chi connectivity index (χ0v) is 13.6. The molecule has 0 fully saturated rings. The molecule has 2 aromatic rings. The van der Waals surface area contributed by atoms with Gasteiger partial charge < -0.3 is 9.84 Å². The minimum Gasteiger partial charge on any atom is -0.504 e. The van der Waals surface area contributed by atoms with Crippen LogP contribution in [-0.4, -0.2) is 23.4 Å². The number of aromatic hydroxyl groups is 1. The lowest BCUT2D eigenvalue weighted by Gasteiger charge is -2.06. The van der Waals surface area contributed by atoms with E-state index in [0.29, 0.717) is 15.0 Å². The molecule has 114 valence electrons. The zero-order chi connectivity index (χ0) is 16.1. The number of anilines is 1. The Morgan fingerprint density at radius 1 is 1.36 bits per heavy atom. The smallest absolute Gasteiger partial charge is 0.269 e. The molecule has 22 heavy (non-hydrogen) atoms. The first-order valence-corrected chi connectivity index (χ1v) is 7.19. The number of nitro groups is 1. The molecule has 0 saturated heterocycles. The van der Waals surface area contributed by atoms with Gasteiger partial charge in [0.05, 0.1) is 27.5 Å². The Kier molecular flexibility index (Phi) is 5.15. The van der Waals surface area contributed by atoms with Crippen molar-refractivity contribution in [1.29, 1.82) is 0 Å². The van der Waals surface area contributed by atoms with E-state index < -0.39 is 4.92 Å². The van der Waals surface area contributed by atoms with Crippen molar-refractivity contribution in [3.05, 3.63) is 55.6 Å². The first-order valence-electron chi connectivity index (χ1n) is 6.11. The van der Waals surface area contributed by atoms with E-state index in [1.807, 2.05) is 22.6 Å². The van der Waals surface area contributed by atoms with Crippen molar-refractivity contribution in [2.75, 3.05) is 12.5 Å². The highest BCUT2D eigenvalue weighted by Crippen LogP contribution is 2.31. The highest BCUT2D eigenvalue weighted by Gasteiger charge is 2.07. The molecule has 2 rings (SSSR count). The summed E-state index contributed by atoms with van der Waals surface area (Å²) in [5.74, 6) is 0.451. The fourth-order valence-corrected chi connectivity index (χ4v) is 2.29. The van der Waals surface area contributed by atoms with E-state index in [1.54, 1.807) is 30.5 Å². The van der Waals surface area contributed by atoms with Gasteiger partial charge in [-0.15, -0.1) is 0 Å². The maximum Gasteiger partial charge on any atom is 0.269 e. The van der Waals surface area contributed by atoms with Crippen LogP contribution in [0.4, 0.5) is 11.4 Å². The number of hydrogen-bond acceptors (Lipinski definition) is 6. The topological polar surface area (TPSA) is 97.0 Å². The van der Waals surface area contributed by atoms with E-state index in [2.05, 4.69) is 10.5 Å². The van der Waals surface area contributed by atoms with E-state index in [1.165, 1.54) is 19.2 Å². The first kappa shape index (κ1) is 16.0. The molecule has 0 bridgehead atoms. The molecule has 0 radical (unpaired) electrons. The van der Waals surface area contributed by atoms with Gasteiger partial charge in [-0.3, -0.25) is 15.5 Å². The summed E-state index contributed by atoms with van der Waals surface area (Å²) in [5, 5.41) is 24.3. The minimum atomic E-state index is -0.461. The van der Waals surface area contributed by atoms with Crippen LogP contribution in [-0.2, 0) is 0 Å². The van der Waals surface area contributed by atoms with E-state index >= 15 is 0 Å². The van der Waals surface area contributed by atoms with Crippen molar-refractivity contribution >= 4 is 40.2 Å². The third kappa shape index (κ3) is 3.85. The van der Waals surface area contributed by atoms with Gasteiger partial charge in [0.15, 0.2) is 11.5 Å². The molecule has 2 aromatic carbocycles. The molecule has 0 heterocycles. The van der Waals surface area contributed by atoms with Crippen LogP contribution in [0.3, 0.4) is 0 Å². The van der Waals surface area contributed by atoms with E-state index in [4.69, 9.17) is 4.74 Å². The Balaban J connectivity index is 2.09. The van der Waals surface area contributed by atoms with E-state index in [0.717, 1.165) is 5.56 Å². The van der Waals surface area contributed by atoms with E-state index in [-0.39, 0.29) is 11.4 Å². The quantitative estimate of drug-likeness (QED) is 0.339. The second-order valence-corrected chi connectivity index (χ2v) is 5.39. The number of ether oxygens (including phenoxy) is 1. The molecule has 0 aliphatic carbocycles. The second-order valence-electron chi connectivity index (χ2n) is 4.23. The molecular weight excluding hydrogens is 401 g/mol. The summed E-state index contributed by atoms with van der Waals surface area (Å²) in [5.41, 5.74) is 4.16. The van der Waals surface area contributed by atoms with Gasteiger partial charge in [-0.05, 0) is 52.4 Å². The summed E-state index contributed by atoms with van der Waals surface area (Å²) >= 11 is 2.00. The second kappa shape index (κ2) is 7.07. The van der Waals surface area contributed by atoms with Crippen LogP contribution in [0, 0.1) is 13.7 Å². The molecule has 7 nitrogen and oxygen atoms in total. The van der Waals surface area contributed by atoms with Crippen molar-refractivity contribution in [2.45, 2.75) is 0 Å². The molecule has 0 atom stereocenters. The van der Waals surface area contributed by atoms with Crippen LogP contribution in [0.5, 0.6) is 11.5 Å². The third-order valence-electron chi connectivity index (χ3n) is 2.76. The normalized spacial score (nSPS) is 10.6. The number of nitrogens with one attached hydrogen (secondary N) is 1. The summed E-state index contributed by atoms with van der Waals surface area (Å²) in [6.45, 7) is 0. The average molecular weight is 413 g/mol. The molecule has 0 aromatic heterocycles. The van der Waals surface area contributed by atoms with Crippen molar-refractivity contribution < 1.29 is 14.8 Å². The predicted molar refractivity (Wildman–Crippen MR) is 91.7 cm³/mol. The van der Waals surface area contributed by atoms with Gasteiger partial charge >= 0.3 is 0 Å². The number of hydrazone groups is 1. The number of benzene rings is 2. The van der Waals surface area contributed by atoms with Crippen LogP contribution < -0.4 is 10.2 Å². The van der Waals surface area contributed by atoms with Gasteiger partial charge in [0.2, 0.25) is 0 Å². The first-order chi connectivity index (χ1) is 10.5. The Hall–Kier alpha value is -2.36. The largest absolute Gasteiger partial charge is 0.504 e. The Bertz CT molecular complexity index is 717. The highest BCUT2D eigenvalue weighted by atomic mass is 127. The van der Waals surface area contributed by atoms with Crippen molar-refractivity contribution in [2.24, 2.45) is 5.10 Å². The van der Waals surface area contributed by atoms with Crippen molar-refractivity contribution in [1.82, 2.24) is 0 Å². The monoisotopic (exact) mass is 413 g/mol. The fourth-order valence-electron chi connectivity index (χ4n) is 1.66. The molecular formula is C14H12IN3O4. The molecule has 0 unspecified atom stereocenters. The lowest BCUT2D eigenvalue weighted by atomic mass is 10.2. The Labute approximate surface area is 139 Å². The number of phenolic OH excluding ortho intramolecular Hbond substituents is 1.